The van der Waals surface area contributed by atoms with Crippen LogP contribution in [-0.4, -0.2) is 29.7 Å². The third-order valence-electron chi connectivity index (χ3n) is 2.18. The molecule has 0 saturated heterocycles. The van der Waals surface area contributed by atoms with Crippen LogP contribution in [0.2, 0.25) is 5.28 Å². The summed E-state index contributed by atoms with van der Waals surface area (Å²) in [7, 11) is 1.97. The third kappa shape index (κ3) is 1.42. The highest BCUT2D eigenvalue weighted by molar-refractivity contribution is 6.28. The average Bonchev–Trinajstić information content (AvgIpc) is 2.12. The second-order valence-corrected chi connectivity index (χ2v) is 3.44. The fraction of sp³-hybridized carbons (Fsp3) is 0.500. The topological polar surface area (TPSA) is 38.3 Å². The minimum absolute atomic E-state index is 0.253. The van der Waals surface area contributed by atoms with Gasteiger partial charge in [-0.2, -0.15) is 4.98 Å². The van der Waals surface area contributed by atoms with Crippen molar-refractivity contribution in [2.24, 2.45) is 0 Å². The van der Waals surface area contributed by atoms with Gasteiger partial charge in [0, 0.05) is 7.05 Å². The highest BCUT2D eigenvalue weighted by Crippen LogP contribution is 2.30. The highest BCUT2D eigenvalue weighted by atomic mass is 35.5. The van der Waals surface area contributed by atoms with Crippen LogP contribution in [0, 0.1) is 0 Å². The molecule has 0 bridgehead atoms. The molecule has 2 heterocycles. The molecule has 2 rings (SSSR count). The van der Waals surface area contributed by atoms with Crippen LogP contribution in [0.5, 0.6) is 5.75 Å². The standard InChI is InChI=1S/C8H10ClN3O/c1-5-4-13-6-3-10-8(9)11-7(6)12(5)2/h3,5H,4H2,1-2H3. The number of fused-ring (bicyclic) bond motifs is 1. The molecule has 1 unspecified atom stereocenters. The first kappa shape index (κ1) is 8.56. The van der Waals surface area contributed by atoms with Crippen molar-refractivity contribution in [2.45, 2.75) is 13.0 Å². The van der Waals surface area contributed by atoms with Gasteiger partial charge >= 0.3 is 0 Å². The van der Waals surface area contributed by atoms with Gasteiger partial charge in [0.05, 0.1) is 12.2 Å². The van der Waals surface area contributed by atoms with Crippen molar-refractivity contribution in [2.75, 3.05) is 18.6 Å². The first-order chi connectivity index (χ1) is 6.18. The quantitative estimate of drug-likeness (QED) is 0.592. The molecule has 0 aromatic carbocycles. The van der Waals surface area contributed by atoms with Crippen LogP contribution in [-0.2, 0) is 0 Å². The number of likely N-dealkylation sites (N-methyl/N-ethyl adjacent to an activating group) is 1. The van der Waals surface area contributed by atoms with Crippen LogP contribution in [0.3, 0.4) is 0 Å². The lowest BCUT2D eigenvalue weighted by Gasteiger charge is -2.31. The molecule has 0 N–H and O–H groups in total. The van der Waals surface area contributed by atoms with Crippen molar-refractivity contribution < 1.29 is 4.74 Å². The molecule has 1 aliphatic heterocycles. The van der Waals surface area contributed by atoms with E-state index in [9.17, 15) is 0 Å². The summed E-state index contributed by atoms with van der Waals surface area (Å²) in [4.78, 5) is 9.99. The molecule has 0 aliphatic carbocycles. The Kier molecular flexibility index (Phi) is 2.00. The van der Waals surface area contributed by atoms with Crippen molar-refractivity contribution in [1.82, 2.24) is 9.97 Å². The number of aromatic nitrogens is 2. The first-order valence-corrected chi connectivity index (χ1v) is 4.44. The second-order valence-electron chi connectivity index (χ2n) is 3.10. The van der Waals surface area contributed by atoms with Crippen LogP contribution in [0.4, 0.5) is 5.82 Å². The van der Waals surface area contributed by atoms with Crippen LogP contribution >= 0.6 is 11.6 Å². The molecule has 13 heavy (non-hydrogen) atoms. The molecule has 5 heteroatoms. The van der Waals surface area contributed by atoms with Crippen LogP contribution in [0.15, 0.2) is 6.20 Å². The predicted molar refractivity (Wildman–Crippen MR) is 50.4 cm³/mol. The number of ether oxygens (including phenoxy) is 1. The normalized spacial score (nSPS) is 20.8. The van der Waals surface area contributed by atoms with E-state index in [1.54, 1.807) is 6.20 Å². The van der Waals surface area contributed by atoms with E-state index in [1.807, 2.05) is 11.9 Å². The average molecular weight is 200 g/mol. The highest BCUT2D eigenvalue weighted by Gasteiger charge is 2.22. The summed E-state index contributed by atoms with van der Waals surface area (Å²) in [6.45, 7) is 2.73. The van der Waals surface area contributed by atoms with Crippen molar-refractivity contribution in [3.05, 3.63) is 11.5 Å². The molecule has 0 fully saturated rings. The summed E-state index contributed by atoms with van der Waals surface area (Å²) in [5.74, 6) is 1.46. The van der Waals surface area contributed by atoms with Crippen molar-refractivity contribution >= 4 is 17.4 Å². The molecule has 0 spiro atoms. The van der Waals surface area contributed by atoms with Gasteiger partial charge < -0.3 is 9.64 Å². The Balaban J connectivity index is 2.45. The fourth-order valence-corrected chi connectivity index (χ4v) is 1.36. The molecule has 70 valence electrons. The summed E-state index contributed by atoms with van der Waals surface area (Å²) >= 11 is 5.69. The predicted octanol–water partition coefficient (Wildman–Crippen LogP) is 1.35. The first-order valence-electron chi connectivity index (χ1n) is 4.06. The van der Waals surface area contributed by atoms with E-state index in [-0.39, 0.29) is 5.28 Å². The van der Waals surface area contributed by atoms with Gasteiger partial charge in [-0.05, 0) is 18.5 Å². The van der Waals surface area contributed by atoms with Crippen molar-refractivity contribution in [3.63, 3.8) is 0 Å². The van der Waals surface area contributed by atoms with Crippen LogP contribution in [0.25, 0.3) is 0 Å². The zero-order chi connectivity index (χ0) is 9.42. The molecular formula is C8H10ClN3O. The van der Waals surface area contributed by atoms with Gasteiger partial charge in [-0.25, -0.2) is 4.98 Å². The summed E-state index contributed by atoms with van der Waals surface area (Å²) in [5.41, 5.74) is 0. The maximum Gasteiger partial charge on any atom is 0.224 e. The van der Waals surface area contributed by atoms with Gasteiger partial charge in [-0.1, -0.05) is 0 Å². The Morgan fingerprint density at radius 1 is 1.69 bits per heavy atom. The second kappa shape index (κ2) is 3.03. The van der Waals surface area contributed by atoms with E-state index < -0.39 is 0 Å². The minimum Gasteiger partial charge on any atom is -0.486 e. The van der Waals surface area contributed by atoms with E-state index in [1.165, 1.54) is 0 Å². The number of rotatable bonds is 0. The molecule has 1 atom stereocenters. The van der Waals surface area contributed by atoms with Gasteiger partial charge in [0.15, 0.2) is 11.6 Å². The van der Waals surface area contributed by atoms with Gasteiger partial charge in [0.1, 0.15) is 6.61 Å². The van der Waals surface area contributed by atoms with Gasteiger partial charge in [-0.15, -0.1) is 0 Å². The summed E-state index contributed by atoms with van der Waals surface area (Å²) < 4.78 is 5.44. The Labute approximate surface area is 81.5 Å². The van der Waals surface area contributed by atoms with E-state index in [0.29, 0.717) is 18.4 Å². The van der Waals surface area contributed by atoms with E-state index in [4.69, 9.17) is 16.3 Å². The van der Waals surface area contributed by atoms with Crippen LogP contribution in [0.1, 0.15) is 6.92 Å². The zero-order valence-electron chi connectivity index (χ0n) is 7.49. The third-order valence-corrected chi connectivity index (χ3v) is 2.36. The summed E-state index contributed by atoms with van der Waals surface area (Å²) in [6, 6.07) is 0.318. The lowest BCUT2D eigenvalue weighted by Crippen LogP contribution is -2.38. The molecular weight excluding hydrogens is 190 g/mol. The maximum absolute atomic E-state index is 5.69. The summed E-state index contributed by atoms with van der Waals surface area (Å²) in [5, 5.41) is 0.253. The molecule has 1 aromatic heterocycles. The Morgan fingerprint density at radius 3 is 3.23 bits per heavy atom. The lowest BCUT2D eigenvalue weighted by atomic mass is 10.3. The smallest absolute Gasteiger partial charge is 0.224 e. The Morgan fingerprint density at radius 2 is 2.46 bits per heavy atom. The minimum atomic E-state index is 0.253. The van der Waals surface area contributed by atoms with E-state index in [2.05, 4.69) is 16.9 Å². The molecule has 1 aliphatic rings. The van der Waals surface area contributed by atoms with Crippen LogP contribution < -0.4 is 9.64 Å². The SMILES string of the molecule is CC1COc2cnc(Cl)nc2N1C. The number of halogens is 1. The monoisotopic (exact) mass is 199 g/mol. The number of hydrogen-bond donors (Lipinski definition) is 0. The van der Waals surface area contributed by atoms with Crippen molar-refractivity contribution in [1.29, 1.82) is 0 Å². The molecule has 0 amide bonds. The van der Waals surface area contributed by atoms with Gasteiger partial charge in [-0.3, -0.25) is 0 Å². The molecule has 0 saturated carbocycles. The Bertz CT molecular complexity index is 331. The number of hydrogen-bond acceptors (Lipinski definition) is 4. The zero-order valence-corrected chi connectivity index (χ0v) is 8.25. The number of nitrogens with zero attached hydrogens (tertiary/aromatic N) is 3. The fourth-order valence-electron chi connectivity index (χ4n) is 1.23. The Hall–Kier alpha value is -1.03. The van der Waals surface area contributed by atoms with Gasteiger partial charge in [0.25, 0.3) is 0 Å². The summed E-state index contributed by atoms with van der Waals surface area (Å²) in [6.07, 6.45) is 1.60. The number of anilines is 1. The van der Waals surface area contributed by atoms with E-state index >= 15 is 0 Å². The van der Waals surface area contributed by atoms with Gasteiger partial charge in [0.2, 0.25) is 5.28 Å². The largest absolute Gasteiger partial charge is 0.486 e. The molecule has 4 nitrogen and oxygen atoms in total. The van der Waals surface area contributed by atoms with E-state index in [0.717, 1.165) is 5.82 Å². The maximum atomic E-state index is 5.69. The molecule has 0 radical (unpaired) electrons. The lowest BCUT2D eigenvalue weighted by molar-refractivity contribution is 0.271. The van der Waals surface area contributed by atoms with Crippen molar-refractivity contribution in [3.8, 4) is 5.75 Å². The molecule has 1 aromatic rings.